The second-order valence-corrected chi connectivity index (χ2v) is 8.52. The molecule has 9 heteroatoms. The first-order valence-corrected chi connectivity index (χ1v) is 11.0. The normalized spacial score (nSPS) is 15.5. The van der Waals surface area contributed by atoms with E-state index in [1.165, 1.54) is 10.6 Å². The van der Waals surface area contributed by atoms with Gasteiger partial charge >= 0.3 is 0 Å². The zero-order chi connectivity index (χ0) is 19.0. The van der Waals surface area contributed by atoms with Crippen molar-refractivity contribution in [1.29, 1.82) is 0 Å². The molecular weight excluding hydrogens is 354 g/mol. The van der Waals surface area contributed by atoms with Crippen LogP contribution in [0.15, 0.2) is 18.5 Å². The molecule has 1 saturated heterocycles. The van der Waals surface area contributed by atoms with Gasteiger partial charge in [-0.05, 0) is 12.5 Å². The fourth-order valence-corrected chi connectivity index (χ4v) is 3.85. The number of piperazine rings is 1. The molecule has 0 radical (unpaired) electrons. The van der Waals surface area contributed by atoms with Gasteiger partial charge in [-0.25, -0.2) is 22.7 Å². The third-order valence-corrected chi connectivity index (χ3v) is 5.83. The molecule has 0 bridgehead atoms. The molecule has 0 unspecified atom stereocenters. The topological polar surface area (TPSA) is 86.7 Å². The molecule has 2 heterocycles. The summed E-state index contributed by atoms with van der Waals surface area (Å²) in [5, 5.41) is 0. The van der Waals surface area contributed by atoms with Crippen LogP contribution in [0.5, 0.6) is 0 Å². The first-order chi connectivity index (χ1) is 12.4. The van der Waals surface area contributed by atoms with Crippen LogP contribution in [0.4, 0.5) is 5.95 Å². The maximum atomic E-state index is 12.5. The summed E-state index contributed by atoms with van der Waals surface area (Å²) in [4.78, 5) is 24.8. The number of nitrogens with zero attached hydrogens (tertiary/aromatic N) is 5. The molecule has 1 aromatic rings. The van der Waals surface area contributed by atoms with Gasteiger partial charge in [0.15, 0.2) is 0 Å². The summed E-state index contributed by atoms with van der Waals surface area (Å²) < 4.78 is 25.2. The number of unbranched alkanes of at least 4 members (excludes halogenated alkanes) is 2. The van der Waals surface area contributed by atoms with Gasteiger partial charge in [0.05, 0.1) is 6.26 Å². The van der Waals surface area contributed by atoms with Crippen LogP contribution in [-0.2, 0) is 14.8 Å². The zero-order valence-electron chi connectivity index (χ0n) is 15.7. The molecule has 0 N–H and O–H groups in total. The van der Waals surface area contributed by atoms with Crippen LogP contribution in [0.3, 0.4) is 0 Å². The molecule has 26 heavy (non-hydrogen) atoms. The van der Waals surface area contributed by atoms with Crippen molar-refractivity contribution < 1.29 is 13.2 Å². The molecule has 1 aromatic heterocycles. The van der Waals surface area contributed by atoms with Crippen LogP contribution in [0.2, 0.25) is 0 Å². The van der Waals surface area contributed by atoms with E-state index in [9.17, 15) is 13.2 Å². The Balaban J connectivity index is 1.80. The fourth-order valence-electron chi connectivity index (χ4n) is 2.97. The monoisotopic (exact) mass is 383 g/mol. The van der Waals surface area contributed by atoms with Crippen LogP contribution in [-0.4, -0.2) is 79.0 Å². The van der Waals surface area contributed by atoms with E-state index in [-0.39, 0.29) is 18.9 Å². The Hall–Kier alpha value is -1.74. The molecule has 2 rings (SSSR count). The molecule has 8 nitrogen and oxygen atoms in total. The van der Waals surface area contributed by atoms with Crippen LogP contribution in [0.25, 0.3) is 0 Å². The van der Waals surface area contributed by atoms with Crippen molar-refractivity contribution in [2.75, 3.05) is 50.4 Å². The molecule has 0 spiro atoms. The lowest BCUT2D eigenvalue weighted by Gasteiger charge is -2.35. The Morgan fingerprint density at radius 1 is 1.12 bits per heavy atom. The van der Waals surface area contributed by atoms with E-state index < -0.39 is 10.0 Å². The quantitative estimate of drug-likeness (QED) is 0.591. The van der Waals surface area contributed by atoms with Crippen molar-refractivity contribution in [1.82, 2.24) is 19.2 Å². The number of hydrogen-bond acceptors (Lipinski definition) is 6. The lowest BCUT2D eigenvalue weighted by Crippen LogP contribution is -2.49. The van der Waals surface area contributed by atoms with Crippen molar-refractivity contribution in [3.05, 3.63) is 18.5 Å². The highest BCUT2D eigenvalue weighted by molar-refractivity contribution is 7.88. The molecule has 146 valence electrons. The number of carbonyl (C=O) groups excluding carboxylic acids is 1. The molecule has 0 aliphatic carbocycles. The largest absolute Gasteiger partial charge is 0.339 e. The summed E-state index contributed by atoms with van der Waals surface area (Å²) in [6.07, 6.45) is 7.70. The number of rotatable bonds is 9. The number of hydrogen-bond donors (Lipinski definition) is 0. The number of anilines is 1. The zero-order valence-corrected chi connectivity index (χ0v) is 16.5. The summed E-state index contributed by atoms with van der Waals surface area (Å²) in [7, 11) is -3.28. The van der Waals surface area contributed by atoms with E-state index in [4.69, 9.17) is 0 Å². The Morgan fingerprint density at radius 3 is 2.35 bits per heavy atom. The number of carbonyl (C=O) groups is 1. The van der Waals surface area contributed by atoms with Gasteiger partial charge in [0.25, 0.3) is 0 Å². The van der Waals surface area contributed by atoms with Gasteiger partial charge in [0, 0.05) is 58.1 Å². The maximum Gasteiger partial charge on any atom is 0.225 e. The van der Waals surface area contributed by atoms with E-state index >= 15 is 0 Å². The van der Waals surface area contributed by atoms with Crippen molar-refractivity contribution >= 4 is 21.9 Å². The molecule has 0 aromatic carbocycles. The van der Waals surface area contributed by atoms with Gasteiger partial charge in [-0.3, -0.25) is 4.79 Å². The van der Waals surface area contributed by atoms with Gasteiger partial charge in [-0.15, -0.1) is 0 Å². The molecule has 1 aliphatic heterocycles. The second-order valence-electron chi connectivity index (χ2n) is 6.54. The molecule has 1 aliphatic rings. The average molecular weight is 384 g/mol. The van der Waals surface area contributed by atoms with E-state index in [0.29, 0.717) is 38.7 Å². The fraction of sp³-hybridized carbons (Fsp3) is 0.706. The lowest BCUT2D eigenvalue weighted by atomic mass is 10.2. The van der Waals surface area contributed by atoms with Gasteiger partial charge < -0.3 is 9.80 Å². The molecule has 0 atom stereocenters. The summed E-state index contributed by atoms with van der Waals surface area (Å²) in [5.74, 6) is 0.682. The van der Waals surface area contributed by atoms with Gasteiger partial charge in [-0.1, -0.05) is 19.8 Å². The minimum absolute atomic E-state index is 0.00257. The van der Waals surface area contributed by atoms with Crippen LogP contribution in [0.1, 0.15) is 32.6 Å². The Morgan fingerprint density at radius 2 is 1.77 bits per heavy atom. The summed E-state index contributed by atoms with van der Waals surface area (Å²) in [6, 6.07) is 1.78. The number of sulfonamides is 1. The van der Waals surface area contributed by atoms with Crippen LogP contribution >= 0.6 is 0 Å². The summed E-state index contributed by atoms with van der Waals surface area (Å²) in [5.41, 5.74) is 0. The number of amides is 1. The molecule has 1 fully saturated rings. The second kappa shape index (κ2) is 9.82. The minimum Gasteiger partial charge on any atom is -0.339 e. The van der Waals surface area contributed by atoms with Gasteiger partial charge in [0.1, 0.15) is 0 Å². The molecular formula is C17H29N5O3S. The average Bonchev–Trinajstić information content (AvgIpc) is 2.64. The predicted octanol–water partition coefficient (Wildman–Crippen LogP) is 0.967. The third kappa shape index (κ3) is 6.21. The van der Waals surface area contributed by atoms with Crippen molar-refractivity contribution in [3.63, 3.8) is 0 Å². The predicted molar refractivity (Wildman–Crippen MR) is 101 cm³/mol. The van der Waals surface area contributed by atoms with Crippen molar-refractivity contribution in [2.24, 2.45) is 0 Å². The van der Waals surface area contributed by atoms with Gasteiger partial charge in [0.2, 0.25) is 21.9 Å². The summed E-state index contributed by atoms with van der Waals surface area (Å²) in [6.45, 7) is 5.39. The Kier molecular flexibility index (Phi) is 7.77. The maximum absolute atomic E-state index is 12.5. The highest BCUT2D eigenvalue weighted by atomic mass is 32.2. The Bertz CT molecular complexity index is 660. The van der Waals surface area contributed by atoms with Gasteiger partial charge in [-0.2, -0.15) is 0 Å². The SMILES string of the molecule is CCCCCN(CCC(=O)N1CCN(c2ncccn2)CC1)S(C)(=O)=O. The molecule has 1 amide bonds. The van der Waals surface area contributed by atoms with Crippen molar-refractivity contribution in [3.8, 4) is 0 Å². The van der Waals surface area contributed by atoms with E-state index in [1.807, 2.05) is 0 Å². The highest BCUT2D eigenvalue weighted by Gasteiger charge is 2.24. The Labute approximate surface area is 156 Å². The smallest absolute Gasteiger partial charge is 0.225 e. The van der Waals surface area contributed by atoms with Crippen LogP contribution in [0, 0.1) is 0 Å². The first-order valence-electron chi connectivity index (χ1n) is 9.16. The minimum atomic E-state index is -3.28. The molecule has 0 saturated carbocycles. The van der Waals surface area contributed by atoms with Crippen molar-refractivity contribution in [2.45, 2.75) is 32.6 Å². The third-order valence-electron chi connectivity index (χ3n) is 4.52. The number of aromatic nitrogens is 2. The first kappa shape index (κ1) is 20.6. The summed E-state index contributed by atoms with van der Waals surface area (Å²) >= 11 is 0. The standard InChI is InChI=1S/C17H29N5O3S/c1-3-4-5-10-22(26(2,24)25)11-7-16(23)20-12-14-21(15-13-20)17-18-8-6-9-19-17/h6,8-9H,3-5,7,10-15H2,1-2H3. The highest BCUT2D eigenvalue weighted by Crippen LogP contribution is 2.11. The lowest BCUT2D eigenvalue weighted by molar-refractivity contribution is -0.131. The van der Waals surface area contributed by atoms with E-state index in [2.05, 4.69) is 21.8 Å². The van der Waals surface area contributed by atoms with E-state index in [0.717, 1.165) is 19.3 Å². The van der Waals surface area contributed by atoms with Crippen LogP contribution < -0.4 is 4.90 Å². The van der Waals surface area contributed by atoms with E-state index in [1.54, 1.807) is 23.4 Å².